The first-order valence-electron chi connectivity index (χ1n) is 8.22. The number of hydrogen-bond acceptors (Lipinski definition) is 3. The molecule has 112 valence electrons. The van der Waals surface area contributed by atoms with E-state index in [1.54, 1.807) is 0 Å². The summed E-state index contributed by atoms with van der Waals surface area (Å²) >= 11 is 0. The number of benzene rings is 1. The molecule has 0 aromatic heterocycles. The quantitative estimate of drug-likeness (QED) is 0.565. The Morgan fingerprint density at radius 3 is 2.90 bits per heavy atom. The van der Waals surface area contributed by atoms with Gasteiger partial charge in [-0.1, -0.05) is 13.0 Å². The van der Waals surface area contributed by atoms with Crippen LogP contribution in [0, 0.1) is 17.3 Å². The third-order valence-corrected chi connectivity index (χ3v) is 6.61. The van der Waals surface area contributed by atoms with Gasteiger partial charge in [-0.3, -0.25) is 0 Å². The molecule has 3 aliphatic carbocycles. The van der Waals surface area contributed by atoms with E-state index in [9.17, 15) is 5.11 Å². The molecule has 0 aliphatic heterocycles. The standard InChI is InChI=1S/C18H24N2O/c1-18-9-8-14-13-5-3-12(21)10-11(13)2-4-15(14)16(18)6-7-17(18)20-19/h3,5,10,14-16,21H,2,4,6-9,19H2,1H3/t14-,15+,16+,18+/m1/s1. The Bertz CT molecular complexity index is 609. The maximum atomic E-state index is 9.71. The lowest BCUT2D eigenvalue weighted by Gasteiger charge is -2.49. The number of aromatic hydroxyl groups is 1. The molecule has 0 heterocycles. The molecule has 4 atom stereocenters. The van der Waals surface area contributed by atoms with Crippen LogP contribution in [-0.2, 0) is 6.42 Å². The molecule has 0 unspecified atom stereocenters. The fourth-order valence-electron chi connectivity index (χ4n) is 5.57. The van der Waals surface area contributed by atoms with Crippen LogP contribution in [0.15, 0.2) is 23.3 Å². The van der Waals surface area contributed by atoms with Crippen LogP contribution in [0.1, 0.15) is 56.1 Å². The Labute approximate surface area is 126 Å². The van der Waals surface area contributed by atoms with E-state index in [2.05, 4.69) is 18.1 Å². The first-order chi connectivity index (χ1) is 10.1. The molecule has 0 amide bonds. The van der Waals surface area contributed by atoms with Gasteiger partial charge in [0.2, 0.25) is 0 Å². The van der Waals surface area contributed by atoms with Gasteiger partial charge in [-0.2, -0.15) is 5.10 Å². The number of aryl methyl sites for hydroxylation is 1. The van der Waals surface area contributed by atoms with Gasteiger partial charge in [0, 0.05) is 11.1 Å². The molecular formula is C18H24N2O. The van der Waals surface area contributed by atoms with Crippen LogP contribution < -0.4 is 5.84 Å². The second kappa shape index (κ2) is 4.49. The van der Waals surface area contributed by atoms with Crippen LogP contribution >= 0.6 is 0 Å². The smallest absolute Gasteiger partial charge is 0.115 e. The number of phenols is 1. The SMILES string of the molecule is C[C@]12CC[C@@H]3c4ccc(O)cc4CC[C@@H]3[C@@H]1CCC2=NN. The van der Waals surface area contributed by atoms with Gasteiger partial charge < -0.3 is 10.9 Å². The number of fused-ring (bicyclic) bond motifs is 5. The number of phenolic OH excluding ortho intramolecular Hbond substituents is 1. The van der Waals surface area contributed by atoms with E-state index in [-0.39, 0.29) is 5.41 Å². The summed E-state index contributed by atoms with van der Waals surface area (Å²) in [6.45, 7) is 2.39. The highest BCUT2D eigenvalue weighted by atomic mass is 16.3. The number of hydrazone groups is 1. The first kappa shape index (κ1) is 13.2. The molecule has 0 radical (unpaired) electrons. The largest absolute Gasteiger partial charge is 0.508 e. The van der Waals surface area contributed by atoms with Crippen molar-refractivity contribution in [3.05, 3.63) is 29.3 Å². The van der Waals surface area contributed by atoms with Crippen molar-refractivity contribution in [2.24, 2.45) is 28.2 Å². The predicted molar refractivity (Wildman–Crippen MR) is 84.3 cm³/mol. The monoisotopic (exact) mass is 284 g/mol. The number of nitrogens with zero attached hydrogens (tertiary/aromatic N) is 1. The molecule has 3 aliphatic rings. The zero-order chi connectivity index (χ0) is 14.6. The van der Waals surface area contributed by atoms with Crippen LogP contribution in [-0.4, -0.2) is 10.8 Å². The lowest BCUT2D eigenvalue weighted by atomic mass is 9.55. The van der Waals surface area contributed by atoms with Crippen molar-refractivity contribution in [3.63, 3.8) is 0 Å². The van der Waals surface area contributed by atoms with Gasteiger partial charge in [-0.25, -0.2) is 0 Å². The fourth-order valence-corrected chi connectivity index (χ4v) is 5.57. The van der Waals surface area contributed by atoms with Gasteiger partial charge in [0.05, 0.1) is 0 Å². The lowest BCUT2D eigenvalue weighted by molar-refractivity contribution is 0.0955. The van der Waals surface area contributed by atoms with Crippen molar-refractivity contribution < 1.29 is 5.11 Å². The molecular weight excluding hydrogens is 260 g/mol. The summed E-state index contributed by atoms with van der Waals surface area (Å²) in [5, 5.41) is 13.8. The minimum atomic E-state index is 0.240. The number of nitrogens with two attached hydrogens (primary N) is 1. The highest BCUT2D eigenvalue weighted by Gasteiger charge is 2.53. The maximum Gasteiger partial charge on any atom is 0.115 e. The summed E-state index contributed by atoms with van der Waals surface area (Å²) < 4.78 is 0. The predicted octanol–water partition coefficient (Wildman–Crippen LogP) is 3.56. The number of hydrogen-bond donors (Lipinski definition) is 2. The summed E-state index contributed by atoms with van der Waals surface area (Å²) in [5.41, 5.74) is 4.35. The highest BCUT2D eigenvalue weighted by Crippen LogP contribution is 2.59. The zero-order valence-electron chi connectivity index (χ0n) is 12.7. The Morgan fingerprint density at radius 2 is 2.10 bits per heavy atom. The van der Waals surface area contributed by atoms with Crippen molar-refractivity contribution in [1.29, 1.82) is 0 Å². The van der Waals surface area contributed by atoms with Gasteiger partial charge >= 0.3 is 0 Å². The molecule has 3 heteroatoms. The van der Waals surface area contributed by atoms with Crippen molar-refractivity contribution in [1.82, 2.24) is 0 Å². The van der Waals surface area contributed by atoms with E-state index < -0.39 is 0 Å². The van der Waals surface area contributed by atoms with Crippen molar-refractivity contribution in [2.45, 2.75) is 51.4 Å². The molecule has 0 saturated heterocycles. The van der Waals surface area contributed by atoms with Gasteiger partial charge in [-0.15, -0.1) is 0 Å². The van der Waals surface area contributed by atoms with Crippen LogP contribution in [0.5, 0.6) is 5.75 Å². The van der Waals surface area contributed by atoms with E-state index in [1.807, 2.05) is 12.1 Å². The Hall–Kier alpha value is -1.51. The van der Waals surface area contributed by atoms with Crippen LogP contribution in [0.2, 0.25) is 0 Å². The normalized spacial score (nSPS) is 39.7. The fraction of sp³-hybridized carbons (Fsp3) is 0.611. The number of rotatable bonds is 0. The average molecular weight is 284 g/mol. The van der Waals surface area contributed by atoms with E-state index in [0.717, 1.165) is 24.7 Å². The second-order valence-corrected chi connectivity index (χ2v) is 7.37. The first-order valence-corrected chi connectivity index (χ1v) is 8.22. The third kappa shape index (κ3) is 1.76. The second-order valence-electron chi connectivity index (χ2n) is 7.37. The topological polar surface area (TPSA) is 58.6 Å². The van der Waals surface area contributed by atoms with Gasteiger partial charge in [-0.05, 0) is 79.5 Å². The van der Waals surface area contributed by atoms with E-state index in [1.165, 1.54) is 42.5 Å². The average Bonchev–Trinajstić information content (AvgIpc) is 2.83. The van der Waals surface area contributed by atoms with Crippen molar-refractivity contribution in [3.8, 4) is 5.75 Å². The molecule has 0 spiro atoms. The Morgan fingerprint density at radius 1 is 1.24 bits per heavy atom. The maximum absolute atomic E-state index is 9.71. The summed E-state index contributed by atoms with van der Waals surface area (Å²) in [6.07, 6.45) is 7.12. The van der Waals surface area contributed by atoms with Gasteiger partial charge in [0.1, 0.15) is 5.75 Å². The van der Waals surface area contributed by atoms with Crippen molar-refractivity contribution in [2.75, 3.05) is 0 Å². The molecule has 2 saturated carbocycles. The minimum Gasteiger partial charge on any atom is -0.508 e. The molecule has 2 fully saturated rings. The van der Waals surface area contributed by atoms with E-state index in [0.29, 0.717) is 11.7 Å². The zero-order valence-corrected chi connectivity index (χ0v) is 12.7. The molecule has 0 bridgehead atoms. The van der Waals surface area contributed by atoms with Gasteiger partial charge in [0.15, 0.2) is 0 Å². The van der Waals surface area contributed by atoms with E-state index in [4.69, 9.17) is 5.84 Å². The molecule has 3 N–H and O–H groups in total. The summed E-state index contributed by atoms with van der Waals surface area (Å²) in [7, 11) is 0. The molecule has 1 aromatic rings. The minimum absolute atomic E-state index is 0.240. The highest BCUT2D eigenvalue weighted by molar-refractivity contribution is 5.92. The van der Waals surface area contributed by atoms with Crippen LogP contribution in [0.25, 0.3) is 0 Å². The van der Waals surface area contributed by atoms with Crippen molar-refractivity contribution >= 4 is 5.71 Å². The third-order valence-electron chi connectivity index (χ3n) is 6.61. The molecule has 21 heavy (non-hydrogen) atoms. The molecule has 1 aromatic carbocycles. The summed E-state index contributed by atoms with van der Waals surface area (Å²) in [4.78, 5) is 0. The summed E-state index contributed by atoms with van der Waals surface area (Å²) in [6, 6.07) is 5.99. The van der Waals surface area contributed by atoms with Crippen LogP contribution in [0.4, 0.5) is 0 Å². The van der Waals surface area contributed by atoms with Gasteiger partial charge in [0.25, 0.3) is 0 Å². The molecule has 3 nitrogen and oxygen atoms in total. The lowest BCUT2D eigenvalue weighted by Crippen LogP contribution is -2.42. The van der Waals surface area contributed by atoms with Crippen LogP contribution in [0.3, 0.4) is 0 Å². The Balaban J connectivity index is 1.72. The summed E-state index contributed by atoms with van der Waals surface area (Å²) in [5.74, 6) is 8.23. The van der Waals surface area contributed by atoms with E-state index >= 15 is 0 Å². The molecule has 4 rings (SSSR count). The Kier molecular flexibility index (Phi) is 2.82.